The highest BCUT2D eigenvalue weighted by Crippen LogP contribution is 2.44. The normalized spacial score (nSPS) is 20.9. The number of hydrogen-bond acceptors (Lipinski definition) is 5. The number of carbonyl (C=O) groups is 1. The van der Waals surface area contributed by atoms with Gasteiger partial charge in [-0.15, -0.1) is 0 Å². The molecule has 1 saturated heterocycles. The summed E-state index contributed by atoms with van der Waals surface area (Å²) in [6.07, 6.45) is 4.59. The second-order valence-corrected chi connectivity index (χ2v) is 8.00. The molecule has 8 heteroatoms. The number of nitrogens with zero attached hydrogens (tertiary/aromatic N) is 4. The number of likely N-dealkylation sites (tertiary alicyclic amines) is 1. The Morgan fingerprint density at radius 2 is 2.11 bits per heavy atom. The lowest BCUT2D eigenvalue weighted by molar-refractivity contribution is -0.136. The zero-order chi connectivity index (χ0) is 19.9. The third kappa shape index (κ3) is 3.44. The van der Waals surface area contributed by atoms with Crippen LogP contribution in [0.4, 0.5) is 0 Å². The highest BCUT2D eigenvalue weighted by atomic mass is 16.5. The first-order valence-corrected chi connectivity index (χ1v) is 9.76. The molecule has 2 aromatic heterocycles. The summed E-state index contributed by atoms with van der Waals surface area (Å²) < 4.78 is 9.52. The Balaban J connectivity index is 1.43. The van der Waals surface area contributed by atoms with Crippen LogP contribution < -0.4 is 10.3 Å². The molecule has 0 aliphatic carbocycles. The summed E-state index contributed by atoms with van der Waals surface area (Å²) >= 11 is 0. The Bertz CT molecular complexity index is 924. The first-order valence-electron chi connectivity index (χ1n) is 9.76. The molecule has 2 aromatic rings. The lowest BCUT2D eigenvalue weighted by Gasteiger charge is -2.44. The number of pyridine rings is 1. The molecule has 0 radical (unpaired) electrons. The number of hydrogen-bond donors (Lipinski definition) is 1. The van der Waals surface area contributed by atoms with E-state index in [1.54, 1.807) is 23.2 Å². The minimum atomic E-state index is -0.658. The second-order valence-electron chi connectivity index (χ2n) is 8.00. The van der Waals surface area contributed by atoms with Crippen LogP contribution in [-0.4, -0.2) is 49.0 Å². The van der Waals surface area contributed by atoms with E-state index < -0.39 is 11.7 Å². The third-order valence-corrected chi connectivity index (χ3v) is 5.69. The van der Waals surface area contributed by atoms with Gasteiger partial charge < -0.3 is 19.3 Å². The molecule has 8 nitrogen and oxygen atoms in total. The fourth-order valence-corrected chi connectivity index (χ4v) is 3.99. The van der Waals surface area contributed by atoms with E-state index in [0.717, 1.165) is 0 Å². The van der Waals surface area contributed by atoms with E-state index in [4.69, 9.17) is 4.74 Å². The Morgan fingerprint density at radius 1 is 1.36 bits per heavy atom. The summed E-state index contributed by atoms with van der Waals surface area (Å²) in [6, 6.07) is 5.05. The number of amides is 1. The van der Waals surface area contributed by atoms with Crippen LogP contribution in [0.1, 0.15) is 50.9 Å². The van der Waals surface area contributed by atoms with Crippen LogP contribution in [0.25, 0.3) is 0 Å². The minimum Gasteiger partial charge on any atom is -0.483 e. The van der Waals surface area contributed by atoms with E-state index in [9.17, 15) is 14.7 Å². The largest absolute Gasteiger partial charge is 0.483 e. The summed E-state index contributed by atoms with van der Waals surface area (Å²) in [7, 11) is 0. The van der Waals surface area contributed by atoms with Crippen molar-refractivity contribution in [3.8, 4) is 5.75 Å². The maximum Gasteiger partial charge on any atom is 0.250 e. The predicted molar refractivity (Wildman–Crippen MR) is 102 cm³/mol. The van der Waals surface area contributed by atoms with Crippen LogP contribution in [0.3, 0.4) is 0 Å². The molecular formula is C20H26N4O4. The molecule has 4 rings (SSSR count). The summed E-state index contributed by atoms with van der Waals surface area (Å²) in [6.45, 7) is 5.19. The fraction of sp³-hybridized carbons (Fsp3) is 0.550. The highest BCUT2D eigenvalue weighted by Gasteiger charge is 2.45. The Morgan fingerprint density at radius 3 is 2.79 bits per heavy atom. The summed E-state index contributed by atoms with van der Waals surface area (Å²) in [4.78, 5) is 26.2. The van der Waals surface area contributed by atoms with Crippen molar-refractivity contribution < 1.29 is 14.6 Å². The smallest absolute Gasteiger partial charge is 0.250 e. The summed E-state index contributed by atoms with van der Waals surface area (Å²) in [5.74, 6) is 0.566. The maximum absolute atomic E-state index is 12.6. The molecule has 2 aliphatic rings. The molecule has 0 bridgehead atoms. The third-order valence-electron chi connectivity index (χ3n) is 5.69. The highest BCUT2D eigenvalue weighted by molar-refractivity contribution is 5.76. The second kappa shape index (κ2) is 7.09. The van der Waals surface area contributed by atoms with Gasteiger partial charge in [-0.05, 0) is 19.9 Å². The molecule has 1 N–H and O–H groups in total. The summed E-state index contributed by atoms with van der Waals surface area (Å²) in [5, 5.41) is 15.1. The van der Waals surface area contributed by atoms with Gasteiger partial charge in [-0.25, -0.2) is 0 Å². The van der Waals surface area contributed by atoms with Gasteiger partial charge in [-0.1, -0.05) is 6.07 Å². The van der Waals surface area contributed by atoms with Crippen molar-refractivity contribution in [2.24, 2.45) is 0 Å². The van der Waals surface area contributed by atoms with Crippen molar-refractivity contribution in [3.63, 3.8) is 0 Å². The predicted octanol–water partition coefficient (Wildman–Crippen LogP) is 1.50. The van der Waals surface area contributed by atoms with Crippen LogP contribution in [0.15, 0.2) is 35.4 Å². The van der Waals surface area contributed by atoms with Crippen LogP contribution in [0.5, 0.6) is 5.75 Å². The maximum atomic E-state index is 12.6. The number of aromatic nitrogens is 3. The lowest BCUT2D eigenvalue weighted by atomic mass is 9.83. The minimum absolute atomic E-state index is 0.0431. The molecule has 4 heterocycles. The molecule has 1 unspecified atom stereocenters. The zero-order valence-corrected chi connectivity index (χ0v) is 16.2. The van der Waals surface area contributed by atoms with E-state index in [1.807, 2.05) is 24.7 Å². The number of aliphatic hydroxyl groups is 1. The topological polar surface area (TPSA) is 89.6 Å². The molecule has 0 aromatic carbocycles. The van der Waals surface area contributed by atoms with Gasteiger partial charge in [-0.2, -0.15) is 5.10 Å². The standard InChI is InChI=1S/C20H26N4O4/c1-14(2)24-12-16-19(21-24)15(25)11-20(28-16)6-9-22(10-7-20)18(27)13-23-8-4-3-5-17(23)26/h3-5,8,12,14-15,25H,6-7,9-11,13H2,1-2H3. The lowest BCUT2D eigenvalue weighted by Crippen LogP contribution is -2.52. The van der Waals surface area contributed by atoms with E-state index in [0.29, 0.717) is 43.8 Å². The molecule has 1 amide bonds. The van der Waals surface area contributed by atoms with Gasteiger partial charge in [0.05, 0.1) is 6.20 Å². The Labute approximate surface area is 163 Å². The van der Waals surface area contributed by atoms with Gasteiger partial charge in [0.2, 0.25) is 5.91 Å². The zero-order valence-electron chi connectivity index (χ0n) is 16.2. The van der Waals surface area contributed by atoms with Crippen molar-refractivity contribution >= 4 is 5.91 Å². The number of rotatable bonds is 3. The van der Waals surface area contributed by atoms with E-state index in [1.165, 1.54) is 10.6 Å². The van der Waals surface area contributed by atoms with Gasteiger partial charge in [0, 0.05) is 50.7 Å². The fourth-order valence-electron chi connectivity index (χ4n) is 3.99. The van der Waals surface area contributed by atoms with E-state index in [2.05, 4.69) is 5.10 Å². The number of carbonyl (C=O) groups excluding carboxylic acids is 1. The molecular weight excluding hydrogens is 360 g/mol. The van der Waals surface area contributed by atoms with Crippen LogP contribution in [0.2, 0.25) is 0 Å². The molecule has 1 atom stereocenters. The molecule has 1 fully saturated rings. The van der Waals surface area contributed by atoms with Crippen molar-refractivity contribution in [2.75, 3.05) is 13.1 Å². The van der Waals surface area contributed by atoms with Gasteiger partial charge in [0.25, 0.3) is 5.56 Å². The van der Waals surface area contributed by atoms with E-state index in [-0.39, 0.29) is 24.1 Å². The Kier molecular flexibility index (Phi) is 4.74. The molecule has 1 spiro atoms. The van der Waals surface area contributed by atoms with E-state index >= 15 is 0 Å². The van der Waals surface area contributed by atoms with Crippen LogP contribution in [-0.2, 0) is 11.3 Å². The van der Waals surface area contributed by atoms with Gasteiger partial charge >= 0.3 is 0 Å². The van der Waals surface area contributed by atoms with Crippen molar-refractivity contribution in [2.45, 2.75) is 57.4 Å². The number of aliphatic hydroxyl groups excluding tert-OH is 1. The van der Waals surface area contributed by atoms with Crippen LogP contribution >= 0.6 is 0 Å². The number of piperidine rings is 1. The van der Waals surface area contributed by atoms with Gasteiger partial charge in [0.1, 0.15) is 23.9 Å². The first kappa shape index (κ1) is 18.7. The van der Waals surface area contributed by atoms with Crippen molar-refractivity contribution in [3.05, 3.63) is 46.6 Å². The molecule has 28 heavy (non-hydrogen) atoms. The summed E-state index contributed by atoms with van der Waals surface area (Å²) in [5.41, 5.74) is -0.0588. The first-order chi connectivity index (χ1) is 13.4. The van der Waals surface area contributed by atoms with Gasteiger partial charge in [-0.3, -0.25) is 14.3 Å². The number of fused-ring (bicyclic) bond motifs is 1. The van der Waals surface area contributed by atoms with Crippen molar-refractivity contribution in [1.82, 2.24) is 19.2 Å². The SMILES string of the molecule is CC(C)n1cc2c(n1)C(O)CC1(CCN(C(=O)Cn3ccccc3=O)CC1)O2. The molecule has 2 aliphatic heterocycles. The molecule has 0 saturated carbocycles. The average Bonchev–Trinajstić information content (AvgIpc) is 3.09. The monoisotopic (exact) mass is 386 g/mol. The Hall–Kier alpha value is -2.61. The van der Waals surface area contributed by atoms with Crippen molar-refractivity contribution in [1.29, 1.82) is 0 Å². The van der Waals surface area contributed by atoms with Crippen LogP contribution in [0, 0.1) is 0 Å². The average molecular weight is 386 g/mol. The van der Waals surface area contributed by atoms with Gasteiger partial charge in [0.15, 0.2) is 5.75 Å². The quantitative estimate of drug-likeness (QED) is 0.864. The number of ether oxygens (including phenoxy) is 1. The molecule has 150 valence electrons.